The van der Waals surface area contributed by atoms with Crippen molar-refractivity contribution in [1.29, 1.82) is 0 Å². The van der Waals surface area contributed by atoms with E-state index in [1.165, 1.54) is 39.2 Å². The highest BCUT2D eigenvalue weighted by atomic mass is 16.5. The summed E-state index contributed by atoms with van der Waals surface area (Å²) < 4.78 is 4.71. The Hall–Kier alpha value is -1.26. The van der Waals surface area contributed by atoms with E-state index in [0.717, 1.165) is 13.0 Å². The number of methoxy groups -OCH3 is 1. The number of rotatable bonds is 4. The maximum absolute atomic E-state index is 13.2. The molecule has 0 aromatic carbocycles. The Kier molecular flexibility index (Phi) is 6.16. The summed E-state index contributed by atoms with van der Waals surface area (Å²) in [7, 11) is 1.33. The number of nitrogens with one attached hydrogen (secondary N) is 1. The standard InChI is InChI=1S/C19H34N2O3/c1-13(2)15-11-19(9-7-6-8-10-19)12-21(15)17(22)16(14(3)4)20-18(23)24-5/h13-16H,6-12H2,1-5H3,(H,20,23)/t15-,16-/m0/s1. The number of alkyl carbamates (subject to hydrolysis) is 1. The largest absolute Gasteiger partial charge is 0.453 e. The summed E-state index contributed by atoms with van der Waals surface area (Å²) in [6.45, 7) is 9.18. The SMILES string of the molecule is COC(=O)N[C@H](C(=O)N1CC2(CCCCC2)C[C@H]1C(C)C)C(C)C. The van der Waals surface area contributed by atoms with Gasteiger partial charge >= 0.3 is 6.09 Å². The predicted octanol–water partition coefficient (Wildman–Crippen LogP) is 3.57. The monoisotopic (exact) mass is 338 g/mol. The van der Waals surface area contributed by atoms with Crippen LogP contribution in [0.2, 0.25) is 0 Å². The molecule has 1 heterocycles. The van der Waals surface area contributed by atoms with Crippen LogP contribution in [0.25, 0.3) is 0 Å². The molecule has 1 saturated heterocycles. The highest BCUT2D eigenvalue weighted by Crippen LogP contribution is 2.48. The Morgan fingerprint density at radius 3 is 2.25 bits per heavy atom. The van der Waals surface area contributed by atoms with Gasteiger partial charge in [-0.2, -0.15) is 0 Å². The molecule has 0 aromatic rings. The van der Waals surface area contributed by atoms with Crippen molar-refractivity contribution in [2.75, 3.05) is 13.7 Å². The van der Waals surface area contributed by atoms with Crippen LogP contribution in [0.1, 0.15) is 66.2 Å². The van der Waals surface area contributed by atoms with E-state index in [2.05, 4.69) is 24.1 Å². The molecule has 1 spiro atoms. The average Bonchev–Trinajstić information content (AvgIpc) is 2.91. The van der Waals surface area contributed by atoms with Gasteiger partial charge in [0.25, 0.3) is 0 Å². The van der Waals surface area contributed by atoms with Gasteiger partial charge in [-0.3, -0.25) is 4.79 Å². The summed E-state index contributed by atoms with van der Waals surface area (Å²) in [5.41, 5.74) is 0.301. The van der Waals surface area contributed by atoms with Crippen molar-refractivity contribution in [2.24, 2.45) is 17.3 Å². The smallest absolute Gasteiger partial charge is 0.407 e. The third-order valence-electron chi connectivity index (χ3n) is 5.91. The fourth-order valence-electron chi connectivity index (χ4n) is 4.48. The fraction of sp³-hybridized carbons (Fsp3) is 0.895. The second-order valence-electron chi connectivity index (χ2n) is 8.40. The Labute approximate surface area is 146 Å². The lowest BCUT2D eigenvalue weighted by molar-refractivity contribution is -0.136. The Bertz CT molecular complexity index is 456. The summed E-state index contributed by atoms with van der Waals surface area (Å²) >= 11 is 0. The number of carbonyl (C=O) groups is 2. The molecule has 138 valence electrons. The molecule has 1 N–H and O–H groups in total. The van der Waals surface area contributed by atoms with Gasteiger partial charge in [0, 0.05) is 12.6 Å². The molecule has 0 bridgehead atoms. The molecule has 2 fully saturated rings. The molecule has 1 aliphatic carbocycles. The first kappa shape index (κ1) is 19.1. The van der Waals surface area contributed by atoms with Crippen molar-refractivity contribution in [3.8, 4) is 0 Å². The summed E-state index contributed by atoms with van der Waals surface area (Å²) in [6.07, 6.45) is 6.92. The summed E-state index contributed by atoms with van der Waals surface area (Å²) in [5, 5.41) is 2.74. The van der Waals surface area contributed by atoms with Crippen molar-refractivity contribution < 1.29 is 14.3 Å². The lowest BCUT2D eigenvalue weighted by atomic mass is 9.72. The Balaban J connectivity index is 2.19. The van der Waals surface area contributed by atoms with E-state index in [9.17, 15) is 9.59 Å². The molecule has 24 heavy (non-hydrogen) atoms. The van der Waals surface area contributed by atoms with E-state index < -0.39 is 12.1 Å². The minimum atomic E-state index is -0.533. The third-order valence-corrected chi connectivity index (χ3v) is 5.91. The Morgan fingerprint density at radius 1 is 1.12 bits per heavy atom. The number of amides is 2. The van der Waals surface area contributed by atoms with Crippen LogP contribution in [0, 0.1) is 17.3 Å². The number of ether oxygens (including phenoxy) is 1. The Morgan fingerprint density at radius 2 is 1.75 bits per heavy atom. The molecule has 2 amide bonds. The minimum absolute atomic E-state index is 0.0346. The van der Waals surface area contributed by atoms with Gasteiger partial charge in [-0.05, 0) is 36.5 Å². The molecule has 5 nitrogen and oxygen atoms in total. The zero-order valence-electron chi connectivity index (χ0n) is 15.9. The van der Waals surface area contributed by atoms with Crippen molar-refractivity contribution >= 4 is 12.0 Å². The van der Waals surface area contributed by atoms with E-state index in [4.69, 9.17) is 4.74 Å². The van der Waals surface area contributed by atoms with Crippen LogP contribution in [0.5, 0.6) is 0 Å². The van der Waals surface area contributed by atoms with Gasteiger partial charge in [0.1, 0.15) is 6.04 Å². The number of hydrogen-bond acceptors (Lipinski definition) is 3. The molecule has 2 atom stereocenters. The number of likely N-dealkylation sites (tertiary alicyclic amines) is 1. The van der Waals surface area contributed by atoms with Gasteiger partial charge in [0.05, 0.1) is 7.11 Å². The van der Waals surface area contributed by atoms with Crippen LogP contribution in [0.15, 0.2) is 0 Å². The van der Waals surface area contributed by atoms with E-state index in [1.807, 2.05) is 13.8 Å². The van der Waals surface area contributed by atoms with E-state index in [0.29, 0.717) is 11.3 Å². The second-order valence-corrected chi connectivity index (χ2v) is 8.40. The summed E-state index contributed by atoms with van der Waals surface area (Å²) in [4.78, 5) is 27.0. The first-order valence-corrected chi connectivity index (χ1v) is 9.44. The molecule has 2 rings (SSSR count). The maximum Gasteiger partial charge on any atom is 0.407 e. The van der Waals surface area contributed by atoms with Crippen LogP contribution >= 0.6 is 0 Å². The topological polar surface area (TPSA) is 58.6 Å². The molecule has 0 radical (unpaired) electrons. The molecule has 1 saturated carbocycles. The number of hydrogen-bond donors (Lipinski definition) is 1. The molecule has 0 unspecified atom stereocenters. The minimum Gasteiger partial charge on any atom is -0.453 e. The van der Waals surface area contributed by atoms with Crippen molar-refractivity contribution in [2.45, 2.75) is 78.3 Å². The number of carbonyl (C=O) groups excluding carboxylic acids is 2. The number of nitrogens with zero attached hydrogens (tertiary/aromatic N) is 1. The molecular formula is C19H34N2O3. The quantitative estimate of drug-likeness (QED) is 0.852. The lowest BCUT2D eigenvalue weighted by Crippen LogP contribution is -2.53. The van der Waals surface area contributed by atoms with Gasteiger partial charge in [-0.25, -0.2) is 4.79 Å². The molecular weight excluding hydrogens is 304 g/mol. The molecule has 2 aliphatic rings. The fourth-order valence-corrected chi connectivity index (χ4v) is 4.48. The van der Waals surface area contributed by atoms with Gasteiger partial charge in [0.15, 0.2) is 0 Å². The van der Waals surface area contributed by atoms with Gasteiger partial charge in [-0.1, -0.05) is 47.0 Å². The first-order chi connectivity index (χ1) is 11.3. The van der Waals surface area contributed by atoms with Gasteiger partial charge < -0.3 is 15.0 Å². The lowest BCUT2D eigenvalue weighted by Gasteiger charge is -2.34. The molecule has 0 aromatic heterocycles. The van der Waals surface area contributed by atoms with E-state index in [1.54, 1.807) is 0 Å². The summed E-state index contributed by atoms with van der Waals surface area (Å²) in [6, 6.07) is -0.242. The highest BCUT2D eigenvalue weighted by Gasteiger charge is 2.48. The van der Waals surface area contributed by atoms with Crippen molar-refractivity contribution in [3.63, 3.8) is 0 Å². The zero-order chi connectivity index (χ0) is 17.9. The highest BCUT2D eigenvalue weighted by molar-refractivity contribution is 5.86. The maximum atomic E-state index is 13.2. The normalized spacial score (nSPS) is 24.5. The van der Waals surface area contributed by atoms with Crippen LogP contribution in [-0.2, 0) is 9.53 Å². The van der Waals surface area contributed by atoms with E-state index >= 15 is 0 Å². The van der Waals surface area contributed by atoms with Crippen LogP contribution in [0.4, 0.5) is 4.79 Å². The molecule has 5 heteroatoms. The van der Waals surface area contributed by atoms with Crippen molar-refractivity contribution in [3.05, 3.63) is 0 Å². The van der Waals surface area contributed by atoms with Crippen molar-refractivity contribution in [1.82, 2.24) is 10.2 Å². The van der Waals surface area contributed by atoms with Crippen LogP contribution in [0.3, 0.4) is 0 Å². The van der Waals surface area contributed by atoms with Crippen LogP contribution < -0.4 is 5.32 Å². The molecule has 1 aliphatic heterocycles. The van der Waals surface area contributed by atoms with Gasteiger partial charge in [-0.15, -0.1) is 0 Å². The second kappa shape index (κ2) is 7.75. The van der Waals surface area contributed by atoms with E-state index in [-0.39, 0.29) is 17.9 Å². The average molecular weight is 338 g/mol. The van der Waals surface area contributed by atoms with Gasteiger partial charge in [0.2, 0.25) is 5.91 Å². The third kappa shape index (κ3) is 4.04. The zero-order valence-corrected chi connectivity index (χ0v) is 15.9. The van der Waals surface area contributed by atoms with Crippen LogP contribution in [-0.4, -0.2) is 42.6 Å². The summed E-state index contributed by atoms with van der Waals surface area (Å²) in [5.74, 6) is 0.519. The predicted molar refractivity (Wildman–Crippen MR) is 94.6 cm³/mol. The first-order valence-electron chi connectivity index (χ1n) is 9.44.